The molecule has 1 aromatic rings. The number of aryl methyl sites for hydroxylation is 1. The van der Waals surface area contributed by atoms with Crippen LogP contribution in [0.15, 0.2) is 24.3 Å². The Kier molecular flexibility index (Phi) is 4.43. The van der Waals surface area contributed by atoms with Crippen LogP contribution in [-0.4, -0.2) is 12.5 Å². The summed E-state index contributed by atoms with van der Waals surface area (Å²) in [5, 5.41) is 0. The molecule has 0 saturated heterocycles. The first-order chi connectivity index (χ1) is 8.29. The van der Waals surface area contributed by atoms with E-state index in [1.165, 1.54) is 12.1 Å². The van der Waals surface area contributed by atoms with Gasteiger partial charge < -0.3 is 4.79 Å². The lowest BCUT2D eigenvalue weighted by Gasteiger charge is -2.19. The number of rotatable bonds is 5. The fraction of sp³-hybridized carbons (Fsp3) is 0.417. The molecule has 0 aliphatic carbocycles. The summed E-state index contributed by atoms with van der Waals surface area (Å²) in [5.41, 5.74) is -0.451. The number of unbranched alkanes of at least 4 members (excludes halogenated alkanes) is 1. The van der Waals surface area contributed by atoms with E-state index < -0.39 is 17.7 Å². The van der Waals surface area contributed by atoms with E-state index in [0.717, 1.165) is 18.4 Å². The Balaban J connectivity index is 2.79. The number of hydrogen-bond donors (Lipinski definition) is 0. The summed E-state index contributed by atoms with van der Waals surface area (Å²) in [6, 6.07) is 3.98. The van der Waals surface area contributed by atoms with E-state index in [9.17, 15) is 26.7 Å². The Morgan fingerprint density at radius 3 is 2.00 bits per heavy atom. The molecule has 1 aromatic carbocycles. The van der Waals surface area contributed by atoms with Crippen LogP contribution >= 0.6 is 0 Å². The Morgan fingerprint density at radius 1 is 1.00 bits per heavy atom. The van der Waals surface area contributed by atoms with Crippen molar-refractivity contribution in [3.05, 3.63) is 35.4 Å². The third-order valence-corrected chi connectivity index (χ3v) is 2.46. The maximum Gasteiger partial charge on any atom is 0.458 e. The summed E-state index contributed by atoms with van der Waals surface area (Å²) in [4.78, 5) is 10.1. The zero-order valence-corrected chi connectivity index (χ0v) is 9.31. The van der Waals surface area contributed by atoms with Gasteiger partial charge in [0.1, 0.15) is 6.29 Å². The second kappa shape index (κ2) is 5.46. The van der Waals surface area contributed by atoms with Crippen LogP contribution < -0.4 is 0 Å². The van der Waals surface area contributed by atoms with Crippen LogP contribution in [0.1, 0.15) is 24.0 Å². The van der Waals surface area contributed by atoms with E-state index in [4.69, 9.17) is 0 Å². The van der Waals surface area contributed by atoms with Gasteiger partial charge in [0.2, 0.25) is 0 Å². The Bertz CT molecular complexity index is 394. The average Bonchev–Trinajstić information content (AvgIpc) is 2.28. The standard InChI is InChI=1S/C12H11F5O/c13-11(14,12(15,16)17)10-6-4-9(5-7-10)3-1-2-8-18/h4-8H,1-3H2. The van der Waals surface area contributed by atoms with Gasteiger partial charge in [0.15, 0.2) is 0 Å². The van der Waals surface area contributed by atoms with Crippen molar-refractivity contribution < 1.29 is 26.7 Å². The number of benzene rings is 1. The maximum absolute atomic E-state index is 12.9. The number of carbonyl (C=O) groups excluding carboxylic acids is 1. The quantitative estimate of drug-likeness (QED) is 0.449. The number of alkyl halides is 5. The fourth-order valence-electron chi connectivity index (χ4n) is 1.43. The molecule has 0 aliphatic rings. The number of aldehydes is 1. The zero-order valence-electron chi connectivity index (χ0n) is 9.31. The van der Waals surface area contributed by atoms with Gasteiger partial charge in [0.25, 0.3) is 0 Å². The minimum absolute atomic E-state index is 0.334. The average molecular weight is 266 g/mol. The first-order valence-corrected chi connectivity index (χ1v) is 5.26. The molecule has 0 radical (unpaired) electrons. The van der Waals surface area contributed by atoms with E-state index in [1.54, 1.807) is 0 Å². The van der Waals surface area contributed by atoms with Crippen LogP contribution in [0.3, 0.4) is 0 Å². The van der Waals surface area contributed by atoms with Crippen molar-refractivity contribution in [2.45, 2.75) is 31.4 Å². The minimum atomic E-state index is -5.59. The highest BCUT2D eigenvalue weighted by Crippen LogP contribution is 2.43. The number of carbonyl (C=O) groups is 1. The van der Waals surface area contributed by atoms with Crippen LogP contribution in [0.5, 0.6) is 0 Å². The van der Waals surface area contributed by atoms with Crippen molar-refractivity contribution in [1.82, 2.24) is 0 Å². The number of halogens is 5. The molecule has 0 amide bonds. The van der Waals surface area contributed by atoms with E-state index in [0.29, 0.717) is 24.8 Å². The SMILES string of the molecule is O=CCCCc1ccc(C(F)(F)C(F)(F)F)cc1. The van der Waals surface area contributed by atoms with Gasteiger partial charge in [-0.3, -0.25) is 0 Å². The molecule has 0 bridgehead atoms. The van der Waals surface area contributed by atoms with Gasteiger partial charge in [0.05, 0.1) is 0 Å². The Labute approximate surface area is 101 Å². The molecule has 0 unspecified atom stereocenters. The van der Waals surface area contributed by atoms with Crippen molar-refractivity contribution in [1.29, 1.82) is 0 Å². The predicted molar refractivity (Wildman–Crippen MR) is 55.4 cm³/mol. The topological polar surface area (TPSA) is 17.1 Å². The second-order valence-electron chi connectivity index (χ2n) is 3.83. The largest absolute Gasteiger partial charge is 0.458 e. The lowest BCUT2D eigenvalue weighted by Crippen LogP contribution is -2.33. The van der Waals surface area contributed by atoms with Crippen LogP contribution in [0, 0.1) is 0 Å². The molecular formula is C12H11F5O. The Hall–Kier alpha value is -1.46. The molecule has 6 heteroatoms. The molecule has 0 atom stereocenters. The van der Waals surface area contributed by atoms with Crippen molar-refractivity contribution >= 4 is 6.29 Å². The molecule has 0 aliphatic heterocycles. The fourth-order valence-corrected chi connectivity index (χ4v) is 1.43. The highest BCUT2D eigenvalue weighted by molar-refractivity contribution is 5.49. The molecule has 100 valence electrons. The van der Waals surface area contributed by atoms with Crippen molar-refractivity contribution in [3.8, 4) is 0 Å². The van der Waals surface area contributed by atoms with Crippen LogP contribution in [0.2, 0.25) is 0 Å². The summed E-state index contributed by atoms with van der Waals surface area (Å²) >= 11 is 0. The van der Waals surface area contributed by atoms with E-state index in [1.807, 2.05) is 0 Å². The van der Waals surface area contributed by atoms with Gasteiger partial charge in [-0.2, -0.15) is 22.0 Å². The molecule has 0 heterocycles. The lowest BCUT2D eigenvalue weighted by atomic mass is 10.0. The van der Waals surface area contributed by atoms with Crippen molar-refractivity contribution in [2.24, 2.45) is 0 Å². The van der Waals surface area contributed by atoms with E-state index >= 15 is 0 Å². The van der Waals surface area contributed by atoms with Gasteiger partial charge >= 0.3 is 12.1 Å². The van der Waals surface area contributed by atoms with Gasteiger partial charge in [-0.05, 0) is 18.4 Å². The van der Waals surface area contributed by atoms with E-state index in [2.05, 4.69) is 0 Å². The van der Waals surface area contributed by atoms with Crippen LogP contribution in [0.4, 0.5) is 22.0 Å². The van der Waals surface area contributed by atoms with Crippen LogP contribution in [-0.2, 0) is 17.1 Å². The normalized spacial score (nSPS) is 12.5. The molecule has 0 aromatic heterocycles. The molecule has 18 heavy (non-hydrogen) atoms. The first kappa shape index (κ1) is 14.6. The van der Waals surface area contributed by atoms with Crippen LogP contribution in [0.25, 0.3) is 0 Å². The zero-order chi connectivity index (χ0) is 13.8. The third-order valence-electron chi connectivity index (χ3n) is 2.46. The molecule has 0 N–H and O–H groups in total. The predicted octanol–water partition coefficient (Wildman–Crippen LogP) is 3.86. The van der Waals surface area contributed by atoms with Gasteiger partial charge in [-0.15, -0.1) is 0 Å². The third kappa shape index (κ3) is 3.27. The smallest absolute Gasteiger partial charge is 0.303 e. The minimum Gasteiger partial charge on any atom is -0.303 e. The maximum atomic E-state index is 12.9. The lowest BCUT2D eigenvalue weighted by molar-refractivity contribution is -0.289. The molecule has 0 saturated carbocycles. The van der Waals surface area contributed by atoms with Gasteiger partial charge in [-0.1, -0.05) is 24.3 Å². The van der Waals surface area contributed by atoms with Gasteiger partial charge in [-0.25, -0.2) is 0 Å². The molecule has 1 nitrogen and oxygen atoms in total. The van der Waals surface area contributed by atoms with E-state index in [-0.39, 0.29) is 0 Å². The van der Waals surface area contributed by atoms with Crippen molar-refractivity contribution in [2.75, 3.05) is 0 Å². The molecule has 0 spiro atoms. The summed E-state index contributed by atoms with van der Waals surface area (Å²) in [7, 11) is 0. The summed E-state index contributed by atoms with van der Waals surface area (Å²) in [6.07, 6.45) is -3.52. The molecule has 1 rings (SSSR count). The monoisotopic (exact) mass is 266 g/mol. The summed E-state index contributed by atoms with van der Waals surface area (Å²) in [5.74, 6) is -4.84. The highest BCUT2D eigenvalue weighted by Gasteiger charge is 2.58. The molecule has 0 fully saturated rings. The molecular weight excluding hydrogens is 255 g/mol. The second-order valence-corrected chi connectivity index (χ2v) is 3.83. The first-order valence-electron chi connectivity index (χ1n) is 5.26. The van der Waals surface area contributed by atoms with Gasteiger partial charge in [0, 0.05) is 12.0 Å². The number of hydrogen-bond acceptors (Lipinski definition) is 1. The highest BCUT2D eigenvalue weighted by atomic mass is 19.4. The summed E-state index contributed by atoms with van der Waals surface area (Å²) in [6.45, 7) is 0. The van der Waals surface area contributed by atoms with Crippen molar-refractivity contribution in [3.63, 3.8) is 0 Å². The Morgan fingerprint density at radius 2 is 1.56 bits per heavy atom. The summed E-state index contributed by atoms with van der Waals surface area (Å²) < 4.78 is 62.1.